The van der Waals surface area contributed by atoms with Crippen molar-refractivity contribution in [1.82, 2.24) is 0 Å². The van der Waals surface area contributed by atoms with Crippen LogP contribution in [0.2, 0.25) is 6.55 Å². The summed E-state index contributed by atoms with van der Waals surface area (Å²) in [7, 11) is -1.71. The molecule has 0 saturated carbocycles. The van der Waals surface area contributed by atoms with E-state index in [0.29, 0.717) is 0 Å². The molecule has 2 rings (SSSR count). The molecule has 2 aromatic carbocycles. The quantitative estimate of drug-likeness (QED) is 0.460. The molecule has 0 aliphatic heterocycles. The van der Waals surface area contributed by atoms with E-state index in [-0.39, 0.29) is 18.9 Å². The maximum atomic E-state index is 4.45. The Hall–Kier alpha value is -0.746. The van der Waals surface area contributed by atoms with E-state index in [4.69, 9.17) is 0 Å². The Balaban J connectivity index is 0.00000128. The molecule has 0 fully saturated rings. The standard InChI is InChI=1S/C14H15Si.Li/c1-15(2,13-9-5-3-6-10-13)14-11-7-4-8-12-14;/h3-12H,1H2,2H3;/q-1;+1. The van der Waals surface area contributed by atoms with E-state index in [9.17, 15) is 0 Å². The van der Waals surface area contributed by atoms with Gasteiger partial charge in [0, 0.05) is 0 Å². The molecule has 2 aromatic rings. The summed E-state index contributed by atoms with van der Waals surface area (Å²) in [6.07, 6.45) is 0. The summed E-state index contributed by atoms with van der Waals surface area (Å²) in [5, 5.41) is 2.77. The molecule has 0 aromatic heterocycles. The molecule has 76 valence electrons. The molecule has 0 atom stereocenters. The summed E-state index contributed by atoms with van der Waals surface area (Å²) in [4.78, 5) is 0. The monoisotopic (exact) mass is 218 g/mol. The van der Waals surface area contributed by atoms with Crippen LogP contribution >= 0.6 is 0 Å². The second kappa shape index (κ2) is 5.54. The zero-order chi connectivity index (χ0) is 10.7. The van der Waals surface area contributed by atoms with Crippen molar-refractivity contribution in [3.63, 3.8) is 0 Å². The second-order valence-electron chi connectivity index (χ2n) is 4.06. The summed E-state index contributed by atoms with van der Waals surface area (Å²) in [6, 6.07) is 21.2. The molecular weight excluding hydrogens is 203 g/mol. The van der Waals surface area contributed by atoms with Crippen LogP contribution in [0.15, 0.2) is 60.7 Å². The van der Waals surface area contributed by atoms with Crippen LogP contribution in [0.5, 0.6) is 0 Å². The minimum Gasteiger partial charge on any atom is -0.334 e. The molecule has 0 N–H and O–H groups in total. The van der Waals surface area contributed by atoms with Crippen molar-refractivity contribution in [2.24, 2.45) is 0 Å². The molecule has 0 amide bonds. The molecule has 0 heterocycles. The first-order valence-electron chi connectivity index (χ1n) is 5.17. The maximum absolute atomic E-state index is 4.45. The van der Waals surface area contributed by atoms with Crippen LogP contribution < -0.4 is 29.2 Å². The van der Waals surface area contributed by atoms with E-state index in [0.717, 1.165) is 0 Å². The van der Waals surface area contributed by atoms with Crippen molar-refractivity contribution < 1.29 is 18.9 Å². The van der Waals surface area contributed by atoms with E-state index < -0.39 is 8.07 Å². The van der Waals surface area contributed by atoms with Crippen molar-refractivity contribution in [2.45, 2.75) is 6.55 Å². The first-order valence-corrected chi connectivity index (χ1v) is 7.88. The van der Waals surface area contributed by atoms with Crippen LogP contribution in [0.25, 0.3) is 0 Å². The average molecular weight is 218 g/mol. The maximum Gasteiger partial charge on any atom is 1.00 e. The Morgan fingerprint density at radius 2 is 1.06 bits per heavy atom. The van der Waals surface area contributed by atoms with Gasteiger partial charge < -0.3 is 6.55 Å². The summed E-state index contributed by atoms with van der Waals surface area (Å²) >= 11 is 0. The summed E-state index contributed by atoms with van der Waals surface area (Å²) in [6.45, 7) is 6.74. The van der Waals surface area contributed by atoms with E-state index in [1.54, 1.807) is 0 Å². The molecule has 0 aliphatic carbocycles. The zero-order valence-electron chi connectivity index (χ0n) is 9.98. The van der Waals surface area contributed by atoms with Gasteiger partial charge in [-0.15, -0.1) is 0 Å². The molecular formula is C14H15LiSi. The fourth-order valence-corrected chi connectivity index (χ4v) is 3.97. The van der Waals surface area contributed by atoms with Crippen molar-refractivity contribution in [2.75, 3.05) is 0 Å². The van der Waals surface area contributed by atoms with Crippen molar-refractivity contribution in [3.8, 4) is 0 Å². The first-order chi connectivity index (χ1) is 7.21. The molecule has 0 radical (unpaired) electrons. The third kappa shape index (κ3) is 2.68. The third-order valence-electron chi connectivity index (χ3n) is 2.82. The Morgan fingerprint density at radius 1 is 0.750 bits per heavy atom. The minimum atomic E-state index is -1.71. The first kappa shape index (κ1) is 13.3. The Bertz CT molecular complexity index is 382. The van der Waals surface area contributed by atoms with Gasteiger partial charge in [0.05, 0.1) is 0 Å². The number of benzene rings is 2. The smallest absolute Gasteiger partial charge is 0.334 e. The predicted molar refractivity (Wildman–Crippen MR) is 69.1 cm³/mol. The molecule has 0 bridgehead atoms. The minimum absolute atomic E-state index is 0. The SMILES string of the molecule is [CH2-][Si](C)(c1ccccc1)c1ccccc1.[Li+]. The Morgan fingerprint density at radius 3 is 1.38 bits per heavy atom. The van der Waals surface area contributed by atoms with Crippen LogP contribution in [-0.2, 0) is 0 Å². The summed E-state index contributed by atoms with van der Waals surface area (Å²) in [5.41, 5.74) is 0. The van der Waals surface area contributed by atoms with Gasteiger partial charge in [0.15, 0.2) is 0 Å². The van der Waals surface area contributed by atoms with Gasteiger partial charge in [0.2, 0.25) is 0 Å². The van der Waals surface area contributed by atoms with E-state index >= 15 is 0 Å². The predicted octanol–water partition coefficient (Wildman–Crippen LogP) is -0.743. The van der Waals surface area contributed by atoms with Crippen molar-refractivity contribution in [3.05, 3.63) is 67.2 Å². The number of hydrogen-bond acceptors (Lipinski definition) is 0. The average Bonchev–Trinajstić information content (AvgIpc) is 2.31. The number of rotatable bonds is 2. The summed E-state index contributed by atoms with van der Waals surface area (Å²) < 4.78 is 0. The van der Waals surface area contributed by atoms with Gasteiger partial charge in [0.1, 0.15) is 0 Å². The van der Waals surface area contributed by atoms with Gasteiger partial charge in [-0.1, -0.05) is 77.6 Å². The topological polar surface area (TPSA) is 0 Å². The van der Waals surface area contributed by atoms with Crippen LogP contribution in [-0.4, -0.2) is 8.07 Å². The van der Waals surface area contributed by atoms with Gasteiger partial charge in [-0.05, 0) is 8.07 Å². The molecule has 0 nitrogen and oxygen atoms in total. The van der Waals surface area contributed by atoms with Crippen LogP contribution in [0, 0.1) is 6.55 Å². The normalized spacial score (nSPS) is 10.6. The fraction of sp³-hybridized carbons (Fsp3) is 0.0714. The molecule has 0 unspecified atom stereocenters. The van der Waals surface area contributed by atoms with Gasteiger partial charge in [-0.3, -0.25) is 0 Å². The van der Waals surface area contributed by atoms with Crippen molar-refractivity contribution in [1.29, 1.82) is 0 Å². The zero-order valence-corrected chi connectivity index (χ0v) is 11.0. The second-order valence-corrected chi connectivity index (χ2v) is 7.88. The molecule has 2 heteroatoms. The third-order valence-corrected chi connectivity index (χ3v) is 6.04. The Labute approximate surface area is 111 Å². The van der Waals surface area contributed by atoms with Crippen LogP contribution in [0.3, 0.4) is 0 Å². The van der Waals surface area contributed by atoms with Gasteiger partial charge >= 0.3 is 18.9 Å². The largest absolute Gasteiger partial charge is 1.00 e. The van der Waals surface area contributed by atoms with Gasteiger partial charge in [-0.25, -0.2) is 0 Å². The van der Waals surface area contributed by atoms with E-state index in [1.807, 2.05) is 0 Å². The van der Waals surface area contributed by atoms with Crippen LogP contribution in [0.4, 0.5) is 0 Å². The molecule has 0 saturated heterocycles. The van der Waals surface area contributed by atoms with Gasteiger partial charge in [0.25, 0.3) is 0 Å². The number of hydrogen-bond donors (Lipinski definition) is 0. The molecule has 0 spiro atoms. The van der Waals surface area contributed by atoms with E-state index in [2.05, 4.69) is 73.8 Å². The van der Waals surface area contributed by atoms with Crippen molar-refractivity contribution >= 4 is 18.4 Å². The summed E-state index contributed by atoms with van der Waals surface area (Å²) in [5.74, 6) is 0. The van der Waals surface area contributed by atoms with Gasteiger partial charge in [-0.2, -0.15) is 0 Å². The van der Waals surface area contributed by atoms with Crippen LogP contribution in [0.1, 0.15) is 0 Å². The molecule has 0 aliphatic rings. The van der Waals surface area contributed by atoms with E-state index in [1.165, 1.54) is 10.4 Å². The fourth-order valence-electron chi connectivity index (χ4n) is 1.78. The Kier molecular flexibility index (Phi) is 4.61. The molecule has 16 heavy (non-hydrogen) atoms.